The van der Waals surface area contributed by atoms with Gasteiger partial charge in [-0.2, -0.15) is 5.26 Å². The zero-order valence-electron chi connectivity index (χ0n) is 15.3. The lowest BCUT2D eigenvalue weighted by atomic mass is 10.0. The average molecular weight is 383 g/mol. The summed E-state index contributed by atoms with van der Waals surface area (Å²) in [5.41, 5.74) is 0.990. The monoisotopic (exact) mass is 383 g/mol. The lowest BCUT2D eigenvalue weighted by molar-refractivity contribution is -0.131. The van der Waals surface area contributed by atoms with Crippen LogP contribution in [0.25, 0.3) is 0 Å². The first-order valence-electron chi connectivity index (χ1n) is 8.83. The molecule has 3 aliphatic rings. The van der Waals surface area contributed by atoms with E-state index in [1.54, 1.807) is 6.08 Å². The summed E-state index contributed by atoms with van der Waals surface area (Å²) in [6, 6.07) is 0.502. The van der Waals surface area contributed by atoms with Crippen LogP contribution in [-0.2, 0) is 14.4 Å². The van der Waals surface area contributed by atoms with E-state index in [9.17, 15) is 18.4 Å². The number of nitriles is 1. The summed E-state index contributed by atoms with van der Waals surface area (Å²) < 4.78 is 27.0. The quantitative estimate of drug-likeness (QED) is 0.604. The molecule has 2 heterocycles. The van der Waals surface area contributed by atoms with Gasteiger partial charge in [0, 0.05) is 19.5 Å². The highest BCUT2D eigenvalue weighted by Gasteiger charge is 2.47. The van der Waals surface area contributed by atoms with Crippen LogP contribution in [0.3, 0.4) is 0 Å². The molecule has 27 heavy (non-hydrogen) atoms. The number of alkyl halides is 2. The second-order valence-corrected chi connectivity index (χ2v) is 7.80. The molecule has 2 atom stereocenters. The third kappa shape index (κ3) is 4.54. The van der Waals surface area contributed by atoms with Gasteiger partial charge in [0.2, 0.25) is 11.8 Å². The average Bonchev–Trinajstić information content (AvgIpc) is 3.07. The maximum Gasteiger partial charge on any atom is 0.270 e. The lowest BCUT2D eigenvalue weighted by Crippen LogP contribution is -2.52. The van der Waals surface area contributed by atoms with Gasteiger partial charge >= 0.3 is 0 Å². The van der Waals surface area contributed by atoms with Crippen molar-refractivity contribution in [1.29, 1.82) is 5.26 Å². The van der Waals surface area contributed by atoms with Crippen LogP contribution < -0.4 is 16.1 Å². The van der Waals surface area contributed by atoms with Gasteiger partial charge in [-0.1, -0.05) is 0 Å². The molecule has 0 aromatic rings. The SMILES string of the molecule is CN1CCC2(C=C(C(=O)NC(CC(C)(F)F)C(=O)NC3(C#N)CC3)NO2)C1. The standard InChI is InChI=1S/C17H23F2N5O3/c1-15(18,19)7-11(14(26)22-16(9-20)3-4-16)21-13(25)12-8-17(27-23-12)5-6-24(2)10-17/h8,11,23H,3-7,10H2,1-2H3,(H,21,25)(H,22,26). The van der Waals surface area contributed by atoms with E-state index in [4.69, 9.17) is 10.1 Å². The van der Waals surface area contributed by atoms with Crippen molar-refractivity contribution in [2.24, 2.45) is 0 Å². The first-order valence-corrected chi connectivity index (χ1v) is 8.83. The molecule has 1 spiro atoms. The van der Waals surface area contributed by atoms with E-state index in [1.807, 2.05) is 18.0 Å². The fraction of sp³-hybridized carbons (Fsp3) is 0.706. The van der Waals surface area contributed by atoms with Crippen molar-refractivity contribution in [1.82, 2.24) is 21.0 Å². The van der Waals surface area contributed by atoms with Crippen molar-refractivity contribution < 1.29 is 23.2 Å². The summed E-state index contributed by atoms with van der Waals surface area (Å²) in [7, 11) is 1.93. The first kappa shape index (κ1) is 19.5. The van der Waals surface area contributed by atoms with Crippen molar-refractivity contribution in [2.45, 2.75) is 55.7 Å². The Labute approximate surface area is 155 Å². The van der Waals surface area contributed by atoms with Crippen molar-refractivity contribution in [3.63, 3.8) is 0 Å². The molecule has 0 bridgehead atoms. The topological polar surface area (TPSA) is 106 Å². The van der Waals surface area contributed by atoms with E-state index in [0.29, 0.717) is 32.7 Å². The molecule has 8 nitrogen and oxygen atoms in total. The number of amides is 2. The highest BCUT2D eigenvalue weighted by Crippen LogP contribution is 2.35. The minimum Gasteiger partial charge on any atom is -0.339 e. The van der Waals surface area contributed by atoms with E-state index in [0.717, 1.165) is 6.54 Å². The number of nitrogens with zero attached hydrogens (tertiary/aromatic N) is 2. The first-order chi connectivity index (χ1) is 12.6. The van der Waals surface area contributed by atoms with E-state index in [-0.39, 0.29) is 5.70 Å². The second-order valence-electron chi connectivity index (χ2n) is 7.80. The van der Waals surface area contributed by atoms with Crippen LogP contribution in [0.5, 0.6) is 0 Å². The minimum atomic E-state index is -3.16. The third-order valence-electron chi connectivity index (χ3n) is 4.98. The van der Waals surface area contributed by atoms with Crippen LogP contribution in [0.15, 0.2) is 11.8 Å². The number of hydroxylamine groups is 1. The van der Waals surface area contributed by atoms with Gasteiger partial charge in [-0.25, -0.2) is 8.78 Å². The fourth-order valence-corrected chi connectivity index (χ4v) is 3.30. The molecule has 2 aliphatic heterocycles. The van der Waals surface area contributed by atoms with Crippen LogP contribution >= 0.6 is 0 Å². The Hall–Kier alpha value is -2.25. The van der Waals surface area contributed by atoms with Crippen LogP contribution in [0.4, 0.5) is 8.78 Å². The number of carbonyl (C=O) groups is 2. The molecular weight excluding hydrogens is 360 g/mol. The zero-order valence-corrected chi connectivity index (χ0v) is 15.3. The molecule has 2 fully saturated rings. The summed E-state index contributed by atoms with van der Waals surface area (Å²) in [5.74, 6) is -4.66. The Bertz CT molecular complexity index is 710. The molecule has 1 saturated carbocycles. The third-order valence-corrected chi connectivity index (χ3v) is 4.98. The Morgan fingerprint density at radius 1 is 1.48 bits per heavy atom. The number of rotatable bonds is 6. The van der Waals surface area contributed by atoms with Gasteiger partial charge in [0.25, 0.3) is 5.91 Å². The molecule has 0 aromatic heterocycles. The smallest absolute Gasteiger partial charge is 0.270 e. The van der Waals surface area contributed by atoms with E-state index in [1.165, 1.54) is 0 Å². The molecule has 2 amide bonds. The number of likely N-dealkylation sites (N-methyl/N-ethyl adjacent to an activating group) is 1. The Morgan fingerprint density at radius 2 is 2.19 bits per heavy atom. The predicted octanol–water partition coefficient (Wildman–Crippen LogP) is 0.182. The molecule has 1 aliphatic carbocycles. The number of carbonyl (C=O) groups excluding carboxylic acids is 2. The highest BCUT2D eigenvalue weighted by molar-refractivity contribution is 5.97. The normalized spacial score (nSPS) is 27.4. The van der Waals surface area contributed by atoms with Gasteiger partial charge in [-0.05, 0) is 39.3 Å². The summed E-state index contributed by atoms with van der Waals surface area (Å²) in [6.07, 6.45) is 2.38. The van der Waals surface area contributed by atoms with E-state index < -0.39 is 41.3 Å². The second kappa shape index (κ2) is 6.73. The maximum absolute atomic E-state index is 13.5. The lowest BCUT2D eigenvalue weighted by Gasteiger charge is -2.23. The zero-order chi connectivity index (χ0) is 19.9. The number of nitrogens with one attached hydrogen (secondary N) is 3. The summed E-state index contributed by atoms with van der Waals surface area (Å²) >= 11 is 0. The number of hydrogen-bond acceptors (Lipinski definition) is 6. The van der Waals surface area contributed by atoms with Gasteiger partial charge in [-0.3, -0.25) is 19.9 Å². The molecule has 3 N–H and O–H groups in total. The molecule has 3 rings (SSSR count). The van der Waals surface area contributed by atoms with Gasteiger partial charge in [0.15, 0.2) is 0 Å². The maximum atomic E-state index is 13.5. The summed E-state index contributed by atoms with van der Waals surface area (Å²) in [6.45, 7) is 2.07. The minimum absolute atomic E-state index is 0.0870. The highest BCUT2D eigenvalue weighted by atomic mass is 19.3. The van der Waals surface area contributed by atoms with Crippen LogP contribution in [-0.4, -0.2) is 60.0 Å². The van der Waals surface area contributed by atoms with Crippen LogP contribution in [0, 0.1) is 11.3 Å². The van der Waals surface area contributed by atoms with E-state index >= 15 is 0 Å². The molecule has 0 radical (unpaired) electrons. The number of halogens is 2. The van der Waals surface area contributed by atoms with Gasteiger partial charge in [0.05, 0.1) is 6.07 Å². The van der Waals surface area contributed by atoms with Gasteiger partial charge < -0.3 is 15.5 Å². The summed E-state index contributed by atoms with van der Waals surface area (Å²) in [5, 5.41) is 13.9. The molecule has 10 heteroatoms. The van der Waals surface area contributed by atoms with Crippen molar-refractivity contribution in [3.8, 4) is 6.07 Å². The van der Waals surface area contributed by atoms with Crippen molar-refractivity contribution in [2.75, 3.05) is 20.1 Å². The molecule has 1 saturated heterocycles. The van der Waals surface area contributed by atoms with Crippen LogP contribution in [0.1, 0.15) is 32.6 Å². The number of hydrogen-bond donors (Lipinski definition) is 3. The van der Waals surface area contributed by atoms with Crippen molar-refractivity contribution >= 4 is 11.8 Å². The van der Waals surface area contributed by atoms with E-state index in [2.05, 4.69) is 16.1 Å². The van der Waals surface area contributed by atoms with Crippen LogP contribution in [0.2, 0.25) is 0 Å². The molecule has 148 valence electrons. The predicted molar refractivity (Wildman–Crippen MR) is 90.0 cm³/mol. The molecule has 2 unspecified atom stereocenters. The Morgan fingerprint density at radius 3 is 2.70 bits per heavy atom. The molecule has 0 aromatic carbocycles. The largest absolute Gasteiger partial charge is 0.339 e. The van der Waals surface area contributed by atoms with Crippen molar-refractivity contribution in [3.05, 3.63) is 11.8 Å². The summed E-state index contributed by atoms with van der Waals surface area (Å²) in [4.78, 5) is 32.4. The number of likely N-dealkylation sites (tertiary alicyclic amines) is 1. The van der Waals surface area contributed by atoms with Gasteiger partial charge in [0.1, 0.15) is 22.9 Å². The Balaban J connectivity index is 1.68. The molecular formula is C17H23F2N5O3. The fourth-order valence-electron chi connectivity index (χ4n) is 3.30. The van der Waals surface area contributed by atoms with Gasteiger partial charge in [-0.15, -0.1) is 0 Å². The Kier molecular flexibility index (Phi) is 4.86.